The van der Waals surface area contributed by atoms with E-state index in [0.29, 0.717) is 6.07 Å². The predicted octanol–water partition coefficient (Wildman–Crippen LogP) is 2.11. The minimum atomic E-state index is -3.81. The molecular weight excluding hydrogens is 522 g/mol. The molecule has 0 saturated carbocycles. The lowest BCUT2D eigenvalue weighted by Crippen LogP contribution is -2.39. The fraction of sp³-hybridized carbons (Fsp3) is 0.227. The molecule has 1 amide bonds. The van der Waals surface area contributed by atoms with Crippen LogP contribution in [0.2, 0.25) is 5.02 Å². The van der Waals surface area contributed by atoms with Crippen molar-refractivity contribution < 1.29 is 31.8 Å². The van der Waals surface area contributed by atoms with E-state index in [2.05, 4.69) is 4.98 Å². The summed E-state index contributed by atoms with van der Waals surface area (Å²) in [5.41, 5.74) is -0.169. The summed E-state index contributed by atoms with van der Waals surface area (Å²) in [6.07, 6.45) is 0.961. The van der Waals surface area contributed by atoms with Crippen molar-refractivity contribution in [2.45, 2.75) is 13.5 Å². The van der Waals surface area contributed by atoms with E-state index in [0.717, 1.165) is 26.1 Å². The number of ether oxygens (including phenoxy) is 1. The summed E-state index contributed by atoms with van der Waals surface area (Å²) in [5, 5.41) is 8.82. The van der Waals surface area contributed by atoms with Gasteiger partial charge in [0.2, 0.25) is 15.9 Å². The number of anilines is 2. The van der Waals surface area contributed by atoms with Crippen molar-refractivity contribution in [3.63, 3.8) is 0 Å². The van der Waals surface area contributed by atoms with Gasteiger partial charge in [-0.15, -0.1) is 0 Å². The Bertz CT molecular complexity index is 1550. The van der Waals surface area contributed by atoms with Gasteiger partial charge in [0.25, 0.3) is 11.5 Å². The molecule has 4 rings (SSSR count). The smallest absolute Gasteiger partial charge is 0.280 e. The van der Waals surface area contributed by atoms with E-state index < -0.39 is 44.8 Å². The van der Waals surface area contributed by atoms with Gasteiger partial charge in [-0.1, -0.05) is 11.6 Å². The van der Waals surface area contributed by atoms with Crippen LogP contribution in [-0.4, -0.2) is 48.5 Å². The maximum absolute atomic E-state index is 13.9. The number of hydrogen-bond donors (Lipinski definition) is 1. The van der Waals surface area contributed by atoms with Crippen LogP contribution >= 0.6 is 11.6 Å². The van der Waals surface area contributed by atoms with Crippen molar-refractivity contribution in [3.8, 4) is 11.6 Å². The maximum Gasteiger partial charge on any atom is 0.280 e. The first-order valence-corrected chi connectivity index (χ1v) is 12.5. The number of rotatable bonds is 6. The third kappa shape index (κ3) is 4.64. The van der Waals surface area contributed by atoms with Crippen LogP contribution in [0.1, 0.15) is 11.4 Å². The lowest BCUT2D eigenvalue weighted by molar-refractivity contribution is -0.121. The van der Waals surface area contributed by atoms with Gasteiger partial charge in [-0.2, -0.15) is 4.98 Å². The minimum Gasteiger partial charge on any atom is -0.471 e. The average Bonchev–Trinajstić information content (AvgIpc) is 3.20. The number of benzene rings is 2. The Labute approximate surface area is 209 Å². The van der Waals surface area contributed by atoms with Gasteiger partial charge < -0.3 is 9.84 Å². The first-order valence-electron chi connectivity index (χ1n) is 10.3. The second-order valence-corrected chi connectivity index (χ2v) is 10.1. The minimum absolute atomic E-state index is 0.0255. The number of sulfonamides is 1. The summed E-state index contributed by atoms with van der Waals surface area (Å²) in [6, 6.07) is 7.22. The van der Waals surface area contributed by atoms with Crippen molar-refractivity contribution in [3.05, 3.63) is 74.8 Å². The fourth-order valence-corrected chi connectivity index (χ4v) is 4.72. The molecule has 14 heteroatoms. The second-order valence-electron chi connectivity index (χ2n) is 7.85. The number of aliphatic hydroxyl groups is 1. The zero-order chi connectivity index (χ0) is 26.4. The molecule has 0 aliphatic carbocycles. The molecule has 1 aromatic heterocycles. The fourth-order valence-electron chi connectivity index (χ4n) is 3.71. The molecule has 0 unspecified atom stereocenters. The van der Waals surface area contributed by atoms with E-state index in [1.807, 2.05) is 0 Å². The molecule has 1 aliphatic heterocycles. The molecule has 190 valence electrons. The first kappa shape index (κ1) is 25.5. The number of aromatic nitrogens is 2. The van der Waals surface area contributed by atoms with Crippen LogP contribution in [0.5, 0.6) is 5.88 Å². The largest absolute Gasteiger partial charge is 0.471 e. The Balaban J connectivity index is 1.73. The van der Waals surface area contributed by atoms with Crippen molar-refractivity contribution in [1.29, 1.82) is 0 Å². The highest BCUT2D eigenvalue weighted by Crippen LogP contribution is 2.39. The van der Waals surface area contributed by atoms with Crippen LogP contribution in [0.25, 0.3) is 5.69 Å². The number of aliphatic hydroxyl groups excluding tert-OH is 1. The number of carbonyl (C=O) groups excluding carboxylic acids is 1. The number of carbonyl (C=O) groups is 1. The Kier molecular flexibility index (Phi) is 6.73. The number of halogens is 3. The summed E-state index contributed by atoms with van der Waals surface area (Å²) in [7, 11) is -3.81. The van der Waals surface area contributed by atoms with Gasteiger partial charge in [-0.25, -0.2) is 21.5 Å². The molecule has 0 bridgehead atoms. The standard InChI is InChI=1S/C22H19ClF2N4O6S/c1-12-26-21(35-10-13-3-4-14(24)7-16(13)25)20(23)22(32)29(12)15-5-6-17-18(8-15)28(36(2,33)34)11-27(17)19(31)9-30/h3-8,30H,9-11H2,1-2H3. The normalized spacial score (nSPS) is 13.2. The number of nitrogens with zero attached hydrogens (tertiary/aromatic N) is 4. The van der Waals surface area contributed by atoms with Crippen molar-refractivity contribution in [2.24, 2.45) is 0 Å². The van der Waals surface area contributed by atoms with E-state index in [1.54, 1.807) is 0 Å². The Hall–Kier alpha value is -3.55. The lowest BCUT2D eigenvalue weighted by atomic mass is 10.2. The average molecular weight is 541 g/mol. The number of amides is 1. The third-order valence-electron chi connectivity index (χ3n) is 5.43. The van der Waals surface area contributed by atoms with Crippen LogP contribution in [-0.2, 0) is 21.4 Å². The SMILES string of the molecule is Cc1nc(OCc2ccc(F)cc2F)c(Cl)c(=O)n1-c1ccc2c(c1)N(S(C)(=O)=O)CN2C(=O)CO. The molecule has 0 spiro atoms. The van der Waals surface area contributed by atoms with Gasteiger partial charge in [-0.05, 0) is 37.3 Å². The molecule has 0 saturated heterocycles. The molecule has 0 radical (unpaired) electrons. The molecular formula is C22H19ClF2N4O6S. The van der Waals surface area contributed by atoms with Gasteiger partial charge in [0.15, 0.2) is 5.02 Å². The zero-order valence-corrected chi connectivity index (χ0v) is 20.5. The number of hydrogen-bond acceptors (Lipinski definition) is 7. The van der Waals surface area contributed by atoms with Gasteiger partial charge in [-0.3, -0.25) is 19.1 Å². The van der Waals surface area contributed by atoms with E-state index in [1.165, 1.54) is 31.2 Å². The molecule has 3 aromatic rings. The predicted molar refractivity (Wildman–Crippen MR) is 127 cm³/mol. The zero-order valence-electron chi connectivity index (χ0n) is 18.9. The van der Waals surface area contributed by atoms with E-state index in [-0.39, 0.29) is 47.6 Å². The molecule has 1 N–H and O–H groups in total. The summed E-state index contributed by atoms with van der Waals surface area (Å²) in [4.78, 5) is 30.5. The van der Waals surface area contributed by atoms with Crippen molar-refractivity contribution in [2.75, 3.05) is 28.7 Å². The third-order valence-corrected chi connectivity index (χ3v) is 6.86. The van der Waals surface area contributed by atoms with E-state index >= 15 is 0 Å². The molecule has 2 aromatic carbocycles. The Morgan fingerprint density at radius 1 is 1.19 bits per heavy atom. The van der Waals surface area contributed by atoms with Crippen LogP contribution in [0.4, 0.5) is 20.2 Å². The maximum atomic E-state index is 13.9. The van der Waals surface area contributed by atoms with Crippen molar-refractivity contribution >= 4 is 38.9 Å². The molecule has 36 heavy (non-hydrogen) atoms. The van der Waals surface area contributed by atoms with E-state index in [9.17, 15) is 31.9 Å². The van der Waals surface area contributed by atoms with Crippen LogP contribution in [0.15, 0.2) is 41.2 Å². The Morgan fingerprint density at radius 2 is 1.92 bits per heavy atom. The molecule has 2 heterocycles. The second kappa shape index (κ2) is 9.48. The van der Waals surface area contributed by atoms with Crippen molar-refractivity contribution in [1.82, 2.24) is 9.55 Å². The van der Waals surface area contributed by atoms with Crippen LogP contribution in [0.3, 0.4) is 0 Å². The monoisotopic (exact) mass is 540 g/mol. The molecule has 0 atom stereocenters. The van der Waals surface area contributed by atoms with E-state index in [4.69, 9.17) is 16.3 Å². The van der Waals surface area contributed by atoms with Crippen LogP contribution in [0, 0.1) is 18.6 Å². The topological polar surface area (TPSA) is 122 Å². The number of fused-ring (bicyclic) bond motifs is 1. The summed E-state index contributed by atoms with van der Waals surface area (Å²) in [5.74, 6) is -2.44. The van der Waals surface area contributed by atoms with Gasteiger partial charge in [0, 0.05) is 11.6 Å². The number of aryl methyl sites for hydroxylation is 1. The highest BCUT2D eigenvalue weighted by atomic mass is 35.5. The summed E-state index contributed by atoms with van der Waals surface area (Å²) in [6.45, 7) is -0.0401. The Morgan fingerprint density at radius 3 is 2.56 bits per heavy atom. The summed E-state index contributed by atoms with van der Waals surface area (Å²) < 4.78 is 59.1. The first-order chi connectivity index (χ1) is 16.9. The van der Waals surface area contributed by atoms with Gasteiger partial charge in [0.1, 0.15) is 37.3 Å². The lowest BCUT2D eigenvalue weighted by Gasteiger charge is -2.18. The molecule has 1 aliphatic rings. The quantitative estimate of drug-likeness (QED) is 0.508. The molecule has 0 fully saturated rings. The van der Waals surface area contributed by atoms with Gasteiger partial charge >= 0.3 is 0 Å². The van der Waals surface area contributed by atoms with Gasteiger partial charge in [0.05, 0.1) is 23.3 Å². The highest BCUT2D eigenvalue weighted by Gasteiger charge is 2.35. The molecule has 10 nitrogen and oxygen atoms in total. The highest BCUT2D eigenvalue weighted by molar-refractivity contribution is 7.92. The van der Waals surface area contributed by atoms with Crippen LogP contribution < -0.4 is 19.5 Å². The summed E-state index contributed by atoms with van der Waals surface area (Å²) >= 11 is 6.19.